The Morgan fingerprint density at radius 2 is 1.96 bits per heavy atom. The third-order valence-electron chi connectivity index (χ3n) is 4.70. The number of likely N-dealkylation sites (tertiary alicyclic amines) is 1. The molecule has 1 aromatic rings. The predicted molar refractivity (Wildman–Crippen MR) is 100 cm³/mol. The molecule has 1 saturated heterocycles. The van der Waals surface area contributed by atoms with Crippen LogP contribution in [0.3, 0.4) is 0 Å². The van der Waals surface area contributed by atoms with Gasteiger partial charge in [-0.25, -0.2) is 13.1 Å². The fourth-order valence-electron chi connectivity index (χ4n) is 2.91. The lowest BCUT2D eigenvalue weighted by Gasteiger charge is -2.32. The van der Waals surface area contributed by atoms with Crippen LogP contribution in [0.1, 0.15) is 46.5 Å². The SMILES string of the molecule is CCC(C)NS(=O)(=O)c1ccc(NC(=O)CN2CCCCC2C)cc1. The molecular formula is C18H29N3O3S. The van der Waals surface area contributed by atoms with E-state index in [1.165, 1.54) is 18.6 Å². The number of nitrogens with one attached hydrogen (secondary N) is 2. The van der Waals surface area contributed by atoms with Gasteiger partial charge in [0.15, 0.2) is 0 Å². The highest BCUT2D eigenvalue weighted by Gasteiger charge is 2.21. The molecule has 0 aliphatic carbocycles. The van der Waals surface area contributed by atoms with Crippen LogP contribution in [-0.4, -0.2) is 44.4 Å². The monoisotopic (exact) mass is 367 g/mol. The first-order valence-electron chi connectivity index (χ1n) is 8.98. The number of carbonyl (C=O) groups excluding carboxylic acids is 1. The lowest BCUT2D eigenvalue weighted by Crippen LogP contribution is -2.42. The molecule has 0 aromatic heterocycles. The van der Waals surface area contributed by atoms with E-state index in [-0.39, 0.29) is 16.8 Å². The van der Waals surface area contributed by atoms with E-state index in [9.17, 15) is 13.2 Å². The van der Waals surface area contributed by atoms with Crippen LogP contribution in [0.5, 0.6) is 0 Å². The van der Waals surface area contributed by atoms with Crippen molar-refractivity contribution in [2.24, 2.45) is 0 Å². The van der Waals surface area contributed by atoms with Gasteiger partial charge in [0.1, 0.15) is 0 Å². The van der Waals surface area contributed by atoms with Crippen molar-refractivity contribution in [3.8, 4) is 0 Å². The van der Waals surface area contributed by atoms with Gasteiger partial charge in [-0.3, -0.25) is 9.69 Å². The molecule has 0 spiro atoms. The number of nitrogens with zero attached hydrogens (tertiary/aromatic N) is 1. The van der Waals surface area contributed by atoms with Crippen LogP contribution in [0.4, 0.5) is 5.69 Å². The van der Waals surface area contributed by atoms with Crippen molar-refractivity contribution in [3.05, 3.63) is 24.3 Å². The second kappa shape index (κ2) is 8.78. The normalized spacial score (nSPS) is 20.2. The van der Waals surface area contributed by atoms with Crippen LogP contribution in [0.25, 0.3) is 0 Å². The number of hydrogen-bond donors (Lipinski definition) is 2. The minimum Gasteiger partial charge on any atom is -0.325 e. The van der Waals surface area contributed by atoms with Gasteiger partial charge in [-0.1, -0.05) is 13.3 Å². The fourth-order valence-corrected chi connectivity index (χ4v) is 4.24. The molecule has 1 amide bonds. The standard InChI is InChI=1S/C18H29N3O3S/c1-4-14(2)20-25(23,24)17-10-8-16(9-11-17)19-18(22)13-21-12-6-5-7-15(21)3/h8-11,14-15,20H,4-7,12-13H2,1-3H3,(H,19,22). The van der Waals surface area contributed by atoms with E-state index in [2.05, 4.69) is 21.9 Å². The number of anilines is 1. The van der Waals surface area contributed by atoms with Crippen molar-refractivity contribution < 1.29 is 13.2 Å². The molecule has 0 saturated carbocycles. The average Bonchev–Trinajstić information content (AvgIpc) is 2.57. The van der Waals surface area contributed by atoms with Crippen LogP contribution >= 0.6 is 0 Å². The van der Waals surface area contributed by atoms with Crippen LogP contribution in [-0.2, 0) is 14.8 Å². The van der Waals surface area contributed by atoms with Gasteiger partial charge in [0.2, 0.25) is 15.9 Å². The minimum absolute atomic E-state index is 0.0675. The maximum absolute atomic E-state index is 12.2. The Bertz CT molecular complexity index is 673. The minimum atomic E-state index is -3.52. The van der Waals surface area contributed by atoms with Crippen LogP contribution in [0.15, 0.2) is 29.2 Å². The second-order valence-corrected chi connectivity index (χ2v) is 8.53. The number of rotatable bonds is 7. The highest BCUT2D eigenvalue weighted by atomic mass is 32.2. The summed E-state index contributed by atoms with van der Waals surface area (Å²) in [5.74, 6) is -0.0675. The van der Waals surface area contributed by atoms with Gasteiger partial charge in [-0.15, -0.1) is 0 Å². The number of benzene rings is 1. The molecule has 7 heteroatoms. The Kier molecular flexibility index (Phi) is 6.98. The first-order chi connectivity index (χ1) is 11.8. The van der Waals surface area contributed by atoms with Gasteiger partial charge >= 0.3 is 0 Å². The molecule has 25 heavy (non-hydrogen) atoms. The van der Waals surface area contributed by atoms with Crippen molar-refractivity contribution in [1.29, 1.82) is 0 Å². The number of carbonyl (C=O) groups is 1. The zero-order chi connectivity index (χ0) is 18.4. The van der Waals surface area contributed by atoms with E-state index >= 15 is 0 Å². The van der Waals surface area contributed by atoms with E-state index in [4.69, 9.17) is 0 Å². The Morgan fingerprint density at radius 3 is 2.56 bits per heavy atom. The molecule has 2 rings (SSSR count). The molecule has 1 fully saturated rings. The Balaban J connectivity index is 1.94. The zero-order valence-electron chi connectivity index (χ0n) is 15.3. The summed E-state index contributed by atoms with van der Waals surface area (Å²) in [4.78, 5) is 14.6. The topological polar surface area (TPSA) is 78.5 Å². The van der Waals surface area contributed by atoms with Gasteiger partial charge in [-0.2, -0.15) is 0 Å². The number of hydrogen-bond acceptors (Lipinski definition) is 4. The van der Waals surface area contributed by atoms with Crippen molar-refractivity contribution >= 4 is 21.6 Å². The third-order valence-corrected chi connectivity index (χ3v) is 6.31. The Morgan fingerprint density at radius 1 is 1.28 bits per heavy atom. The van der Waals surface area contributed by atoms with E-state index in [0.29, 0.717) is 18.3 Å². The highest BCUT2D eigenvalue weighted by molar-refractivity contribution is 7.89. The van der Waals surface area contributed by atoms with Crippen molar-refractivity contribution in [1.82, 2.24) is 9.62 Å². The molecule has 1 heterocycles. The number of amides is 1. The molecule has 0 bridgehead atoms. The molecule has 1 aliphatic rings. The summed E-state index contributed by atoms with van der Waals surface area (Å²) in [5.41, 5.74) is 0.608. The van der Waals surface area contributed by atoms with Gasteiger partial charge in [0.05, 0.1) is 11.4 Å². The number of sulfonamides is 1. The van der Waals surface area contributed by atoms with Crippen LogP contribution in [0.2, 0.25) is 0 Å². The van der Waals surface area contributed by atoms with E-state index < -0.39 is 10.0 Å². The van der Waals surface area contributed by atoms with Gasteiger partial charge in [-0.05, 0) is 63.9 Å². The molecule has 2 N–H and O–H groups in total. The lowest BCUT2D eigenvalue weighted by atomic mass is 10.0. The Hall–Kier alpha value is -1.44. The largest absolute Gasteiger partial charge is 0.325 e. The summed E-state index contributed by atoms with van der Waals surface area (Å²) >= 11 is 0. The van der Waals surface area contributed by atoms with Crippen molar-refractivity contribution in [2.45, 2.75) is 63.4 Å². The molecular weight excluding hydrogens is 338 g/mol. The van der Waals surface area contributed by atoms with Gasteiger partial charge in [0.25, 0.3) is 0 Å². The highest BCUT2D eigenvalue weighted by Crippen LogP contribution is 2.17. The number of piperidine rings is 1. The first kappa shape index (κ1) is 19.9. The fraction of sp³-hybridized carbons (Fsp3) is 0.611. The molecule has 1 aliphatic heterocycles. The van der Waals surface area contributed by atoms with E-state index in [1.807, 2.05) is 13.8 Å². The van der Waals surface area contributed by atoms with Crippen molar-refractivity contribution in [2.75, 3.05) is 18.4 Å². The lowest BCUT2D eigenvalue weighted by molar-refractivity contribution is -0.118. The molecule has 6 nitrogen and oxygen atoms in total. The summed E-state index contributed by atoms with van der Waals surface area (Å²) in [5, 5.41) is 2.84. The smallest absolute Gasteiger partial charge is 0.240 e. The molecule has 1 aromatic carbocycles. The van der Waals surface area contributed by atoms with E-state index in [0.717, 1.165) is 25.8 Å². The van der Waals surface area contributed by atoms with Gasteiger partial charge < -0.3 is 5.32 Å². The average molecular weight is 368 g/mol. The first-order valence-corrected chi connectivity index (χ1v) is 10.5. The molecule has 140 valence electrons. The van der Waals surface area contributed by atoms with Gasteiger partial charge in [0, 0.05) is 17.8 Å². The summed E-state index contributed by atoms with van der Waals surface area (Å²) < 4.78 is 27.1. The van der Waals surface area contributed by atoms with Crippen LogP contribution in [0, 0.1) is 0 Å². The molecule has 2 atom stereocenters. The molecule has 0 radical (unpaired) electrons. The predicted octanol–water partition coefficient (Wildman–Crippen LogP) is 2.58. The van der Waals surface area contributed by atoms with E-state index in [1.54, 1.807) is 12.1 Å². The van der Waals surface area contributed by atoms with Crippen molar-refractivity contribution in [3.63, 3.8) is 0 Å². The summed E-state index contributed by atoms with van der Waals surface area (Å²) in [6.45, 7) is 7.23. The summed E-state index contributed by atoms with van der Waals surface area (Å²) in [6, 6.07) is 6.61. The molecule has 2 unspecified atom stereocenters. The van der Waals surface area contributed by atoms with Crippen LogP contribution < -0.4 is 10.0 Å². The Labute approximate surface area is 151 Å². The quantitative estimate of drug-likeness (QED) is 0.776. The summed E-state index contributed by atoms with van der Waals surface area (Å²) in [7, 11) is -3.52. The maximum atomic E-state index is 12.2. The second-order valence-electron chi connectivity index (χ2n) is 6.82. The maximum Gasteiger partial charge on any atom is 0.240 e. The summed E-state index contributed by atoms with van der Waals surface area (Å²) in [6.07, 6.45) is 4.21. The zero-order valence-corrected chi connectivity index (χ0v) is 16.1. The third kappa shape index (κ3) is 5.80.